The molecule has 0 aliphatic heterocycles. The molecule has 2 rings (SSSR count). The quantitative estimate of drug-likeness (QED) is 0.857. The molecule has 21 heavy (non-hydrogen) atoms. The third kappa shape index (κ3) is 3.77. The van der Waals surface area contributed by atoms with E-state index in [1.165, 1.54) is 0 Å². The number of carbonyl (C=O) groups excluding carboxylic acids is 1. The maximum absolute atomic E-state index is 13.7. The number of hydrogen-bond acceptors (Lipinski definition) is 3. The molecule has 5 nitrogen and oxygen atoms in total. The third-order valence-electron chi connectivity index (χ3n) is 2.87. The van der Waals surface area contributed by atoms with Crippen LogP contribution in [0.5, 0.6) is 0 Å². The zero-order chi connectivity index (χ0) is 15.2. The van der Waals surface area contributed by atoms with Gasteiger partial charge in [0.15, 0.2) is 0 Å². The van der Waals surface area contributed by atoms with E-state index in [0.717, 1.165) is 12.1 Å². The third-order valence-corrected chi connectivity index (χ3v) is 2.87. The zero-order valence-electron chi connectivity index (χ0n) is 11.6. The average molecular weight is 294 g/mol. The SMILES string of the molecule is CCNc1c(F)cc(C(=O)NCCn2ccnc2)cc1F. The van der Waals surface area contributed by atoms with Gasteiger partial charge in [0.1, 0.15) is 17.3 Å². The molecule has 0 fully saturated rings. The molecule has 0 radical (unpaired) electrons. The number of imidazole rings is 1. The molecule has 1 aromatic heterocycles. The minimum absolute atomic E-state index is 0.0442. The number of benzene rings is 1. The molecule has 0 aliphatic rings. The predicted octanol–water partition coefficient (Wildman–Crippen LogP) is 2.02. The van der Waals surface area contributed by atoms with Crippen molar-refractivity contribution < 1.29 is 13.6 Å². The van der Waals surface area contributed by atoms with Crippen LogP contribution in [0.25, 0.3) is 0 Å². The highest BCUT2D eigenvalue weighted by Gasteiger charge is 2.14. The highest BCUT2D eigenvalue weighted by molar-refractivity contribution is 5.94. The molecule has 0 spiro atoms. The number of carbonyl (C=O) groups is 1. The lowest BCUT2D eigenvalue weighted by Crippen LogP contribution is -2.27. The van der Waals surface area contributed by atoms with Gasteiger partial charge >= 0.3 is 0 Å². The first-order valence-corrected chi connectivity index (χ1v) is 6.58. The highest BCUT2D eigenvalue weighted by Crippen LogP contribution is 2.20. The van der Waals surface area contributed by atoms with Gasteiger partial charge in [0.25, 0.3) is 5.91 Å². The Labute approximate surface area is 121 Å². The van der Waals surface area contributed by atoms with E-state index in [0.29, 0.717) is 19.6 Å². The zero-order valence-corrected chi connectivity index (χ0v) is 11.6. The van der Waals surface area contributed by atoms with Crippen molar-refractivity contribution in [1.82, 2.24) is 14.9 Å². The van der Waals surface area contributed by atoms with Crippen LogP contribution >= 0.6 is 0 Å². The number of rotatable bonds is 6. The topological polar surface area (TPSA) is 59.0 Å². The van der Waals surface area contributed by atoms with Crippen molar-refractivity contribution >= 4 is 11.6 Å². The summed E-state index contributed by atoms with van der Waals surface area (Å²) in [6.45, 7) is 3.00. The first kappa shape index (κ1) is 15.0. The molecular weight excluding hydrogens is 278 g/mol. The molecule has 0 atom stereocenters. The predicted molar refractivity (Wildman–Crippen MR) is 75.1 cm³/mol. The Hall–Kier alpha value is -2.44. The first-order chi connectivity index (χ1) is 10.1. The molecule has 1 amide bonds. The van der Waals surface area contributed by atoms with Crippen molar-refractivity contribution in [3.63, 3.8) is 0 Å². The lowest BCUT2D eigenvalue weighted by molar-refractivity contribution is 0.0951. The molecule has 0 unspecified atom stereocenters. The minimum atomic E-state index is -0.781. The van der Waals surface area contributed by atoms with Crippen LogP contribution in [0.3, 0.4) is 0 Å². The summed E-state index contributed by atoms with van der Waals surface area (Å²) in [6.07, 6.45) is 5.01. The summed E-state index contributed by atoms with van der Waals surface area (Å²) in [5, 5.41) is 5.18. The second-order valence-electron chi connectivity index (χ2n) is 4.40. The Morgan fingerprint density at radius 2 is 2.05 bits per heavy atom. The summed E-state index contributed by atoms with van der Waals surface area (Å²) in [5.41, 5.74) is -0.259. The van der Waals surface area contributed by atoms with Crippen molar-refractivity contribution in [1.29, 1.82) is 0 Å². The van der Waals surface area contributed by atoms with Crippen LogP contribution in [-0.2, 0) is 6.54 Å². The van der Waals surface area contributed by atoms with Gasteiger partial charge < -0.3 is 15.2 Å². The summed E-state index contributed by atoms with van der Waals surface area (Å²) < 4.78 is 29.2. The molecule has 0 bridgehead atoms. The van der Waals surface area contributed by atoms with Crippen molar-refractivity contribution in [2.45, 2.75) is 13.5 Å². The van der Waals surface area contributed by atoms with Gasteiger partial charge in [-0.25, -0.2) is 13.8 Å². The van der Waals surface area contributed by atoms with Gasteiger partial charge in [0.05, 0.1) is 6.33 Å². The van der Waals surface area contributed by atoms with E-state index >= 15 is 0 Å². The molecule has 112 valence electrons. The lowest BCUT2D eigenvalue weighted by atomic mass is 10.1. The fourth-order valence-corrected chi connectivity index (χ4v) is 1.87. The molecule has 2 aromatic rings. The van der Waals surface area contributed by atoms with Gasteiger partial charge in [0.2, 0.25) is 0 Å². The Kier molecular flexibility index (Phi) is 4.86. The van der Waals surface area contributed by atoms with Gasteiger partial charge in [-0.1, -0.05) is 0 Å². The van der Waals surface area contributed by atoms with Gasteiger partial charge in [-0.15, -0.1) is 0 Å². The summed E-state index contributed by atoms with van der Waals surface area (Å²) in [4.78, 5) is 15.7. The number of hydrogen-bond donors (Lipinski definition) is 2. The Morgan fingerprint density at radius 3 is 2.62 bits per heavy atom. The Bertz CT molecular complexity index is 590. The molecule has 2 N–H and O–H groups in total. The van der Waals surface area contributed by atoms with Crippen LogP contribution in [0.1, 0.15) is 17.3 Å². The maximum atomic E-state index is 13.7. The smallest absolute Gasteiger partial charge is 0.251 e. The van der Waals surface area contributed by atoms with Crippen LogP contribution in [0, 0.1) is 11.6 Å². The fraction of sp³-hybridized carbons (Fsp3) is 0.286. The molecule has 0 saturated heterocycles. The molecule has 1 aromatic carbocycles. The summed E-state index contributed by atoms with van der Waals surface area (Å²) in [5.74, 6) is -2.08. The van der Waals surface area contributed by atoms with Crippen molar-refractivity contribution in [3.8, 4) is 0 Å². The molecule has 1 heterocycles. The second kappa shape index (κ2) is 6.83. The van der Waals surface area contributed by atoms with Crippen molar-refractivity contribution in [2.24, 2.45) is 0 Å². The van der Waals surface area contributed by atoms with Crippen molar-refractivity contribution in [2.75, 3.05) is 18.4 Å². The van der Waals surface area contributed by atoms with E-state index in [4.69, 9.17) is 0 Å². The number of amides is 1. The molecular formula is C14H16F2N4O. The molecule has 0 aliphatic carbocycles. The number of nitrogens with zero attached hydrogens (tertiary/aromatic N) is 2. The van der Waals surface area contributed by atoms with E-state index in [-0.39, 0.29) is 11.3 Å². The standard InChI is InChI=1S/C14H16F2N4O/c1-2-18-13-11(15)7-10(8-12(13)16)14(21)19-4-6-20-5-3-17-9-20/h3,5,7-9,18H,2,4,6H2,1H3,(H,19,21). The van der Waals surface area contributed by atoms with Crippen molar-refractivity contribution in [3.05, 3.63) is 48.1 Å². The average Bonchev–Trinajstić information content (AvgIpc) is 2.95. The first-order valence-electron chi connectivity index (χ1n) is 6.58. The minimum Gasteiger partial charge on any atom is -0.381 e. The number of anilines is 1. The van der Waals surface area contributed by atoms with Gasteiger partial charge in [0, 0.05) is 37.6 Å². The van der Waals surface area contributed by atoms with E-state index in [1.54, 1.807) is 30.2 Å². The molecule has 7 heteroatoms. The number of nitrogens with one attached hydrogen (secondary N) is 2. The van der Waals surface area contributed by atoms with Crippen LogP contribution in [0.2, 0.25) is 0 Å². The molecule has 0 saturated carbocycles. The van der Waals surface area contributed by atoms with Crippen LogP contribution < -0.4 is 10.6 Å². The monoisotopic (exact) mass is 294 g/mol. The number of halogens is 2. The van der Waals surface area contributed by atoms with Gasteiger partial charge in [-0.05, 0) is 19.1 Å². The van der Waals surface area contributed by atoms with Crippen LogP contribution in [0.4, 0.5) is 14.5 Å². The van der Waals surface area contributed by atoms with E-state index in [1.807, 2.05) is 0 Å². The summed E-state index contributed by atoms with van der Waals surface area (Å²) >= 11 is 0. The van der Waals surface area contributed by atoms with Crippen LogP contribution in [0.15, 0.2) is 30.9 Å². The number of aromatic nitrogens is 2. The fourth-order valence-electron chi connectivity index (χ4n) is 1.87. The lowest BCUT2D eigenvalue weighted by Gasteiger charge is -2.10. The summed E-state index contributed by atoms with van der Waals surface area (Å²) in [6, 6.07) is 2.04. The largest absolute Gasteiger partial charge is 0.381 e. The van der Waals surface area contributed by atoms with E-state index in [2.05, 4.69) is 15.6 Å². The van der Waals surface area contributed by atoms with Gasteiger partial charge in [-0.3, -0.25) is 4.79 Å². The summed E-state index contributed by atoms with van der Waals surface area (Å²) in [7, 11) is 0. The second-order valence-corrected chi connectivity index (χ2v) is 4.40. The van der Waals surface area contributed by atoms with E-state index in [9.17, 15) is 13.6 Å². The highest BCUT2D eigenvalue weighted by atomic mass is 19.1. The maximum Gasteiger partial charge on any atom is 0.251 e. The van der Waals surface area contributed by atoms with E-state index < -0.39 is 17.5 Å². The van der Waals surface area contributed by atoms with Gasteiger partial charge in [-0.2, -0.15) is 0 Å². The Balaban J connectivity index is 1.99. The normalized spacial score (nSPS) is 10.4. The Morgan fingerprint density at radius 1 is 1.33 bits per heavy atom. The van der Waals surface area contributed by atoms with Crippen LogP contribution in [-0.4, -0.2) is 28.5 Å².